The standard InChI is InChI=1S/C23H27ClN4O3/c1-26-20-13-15(2-3-17(20)14-25)18-5-4-16(12-19(18)24)21(29)27-8-10-28(11-9-27)22(30)23(31)6-7-23/h2-5,12-13,26,31H,6-11,14,25H2,1H3. The number of carbonyl (C=O) groups is 2. The summed E-state index contributed by atoms with van der Waals surface area (Å²) in [5, 5.41) is 13.7. The van der Waals surface area contributed by atoms with E-state index in [2.05, 4.69) is 5.32 Å². The summed E-state index contributed by atoms with van der Waals surface area (Å²) < 4.78 is 0. The van der Waals surface area contributed by atoms with Crippen molar-refractivity contribution in [2.45, 2.75) is 25.0 Å². The quantitative estimate of drug-likeness (QED) is 0.660. The summed E-state index contributed by atoms with van der Waals surface area (Å²) in [6, 6.07) is 11.3. The van der Waals surface area contributed by atoms with E-state index in [1.54, 1.807) is 21.9 Å². The Balaban J connectivity index is 1.46. The monoisotopic (exact) mass is 442 g/mol. The molecule has 2 aliphatic rings. The van der Waals surface area contributed by atoms with Crippen LogP contribution in [0.25, 0.3) is 11.1 Å². The molecule has 2 fully saturated rings. The first-order chi connectivity index (χ1) is 14.9. The normalized spacial score (nSPS) is 17.4. The van der Waals surface area contributed by atoms with Gasteiger partial charge in [-0.1, -0.05) is 29.8 Å². The molecule has 4 N–H and O–H groups in total. The minimum atomic E-state index is -1.16. The second-order valence-electron chi connectivity index (χ2n) is 8.14. The second kappa shape index (κ2) is 8.49. The highest BCUT2D eigenvalue weighted by molar-refractivity contribution is 6.33. The number of carbonyl (C=O) groups excluding carboxylic acids is 2. The molecule has 0 spiro atoms. The van der Waals surface area contributed by atoms with Gasteiger partial charge < -0.3 is 26.0 Å². The van der Waals surface area contributed by atoms with Gasteiger partial charge >= 0.3 is 0 Å². The van der Waals surface area contributed by atoms with E-state index in [9.17, 15) is 14.7 Å². The van der Waals surface area contributed by atoms with Crippen LogP contribution in [0.4, 0.5) is 5.69 Å². The van der Waals surface area contributed by atoms with Crippen LogP contribution in [0.3, 0.4) is 0 Å². The third-order valence-electron chi connectivity index (χ3n) is 6.10. The number of piperazine rings is 1. The minimum Gasteiger partial charge on any atom is -0.388 e. The fourth-order valence-corrected chi connectivity index (χ4v) is 4.25. The van der Waals surface area contributed by atoms with Crippen molar-refractivity contribution in [1.29, 1.82) is 0 Å². The second-order valence-corrected chi connectivity index (χ2v) is 8.54. The molecule has 31 heavy (non-hydrogen) atoms. The van der Waals surface area contributed by atoms with E-state index in [0.29, 0.717) is 56.2 Å². The van der Waals surface area contributed by atoms with Crippen LogP contribution in [0, 0.1) is 0 Å². The van der Waals surface area contributed by atoms with Crippen LogP contribution in [0.5, 0.6) is 0 Å². The van der Waals surface area contributed by atoms with Crippen molar-refractivity contribution in [2.75, 3.05) is 38.5 Å². The van der Waals surface area contributed by atoms with Gasteiger partial charge in [-0.2, -0.15) is 0 Å². The first kappa shape index (κ1) is 21.6. The Bertz CT molecular complexity index is 1010. The Morgan fingerprint density at radius 3 is 2.35 bits per heavy atom. The van der Waals surface area contributed by atoms with Gasteiger partial charge in [0, 0.05) is 61.6 Å². The number of nitrogens with two attached hydrogens (primary N) is 1. The third-order valence-corrected chi connectivity index (χ3v) is 6.41. The maximum Gasteiger partial charge on any atom is 0.254 e. The van der Waals surface area contributed by atoms with Gasteiger partial charge in [-0.25, -0.2) is 0 Å². The summed E-state index contributed by atoms with van der Waals surface area (Å²) in [4.78, 5) is 28.6. The van der Waals surface area contributed by atoms with Gasteiger partial charge in [0.1, 0.15) is 5.60 Å². The first-order valence-electron chi connectivity index (χ1n) is 10.5. The Labute approximate surface area is 186 Å². The van der Waals surface area contributed by atoms with Crippen molar-refractivity contribution in [1.82, 2.24) is 9.80 Å². The highest BCUT2D eigenvalue weighted by Crippen LogP contribution is 2.37. The van der Waals surface area contributed by atoms with Crippen molar-refractivity contribution in [2.24, 2.45) is 5.73 Å². The third kappa shape index (κ3) is 4.26. The van der Waals surface area contributed by atoms with E-state index in [4.69, 9.17) is 17.3 Å². The van der Waals surface area contributed by atoms with Gasteiger partial charge in [-0.15, -0.1) is 0 Å². The number of rotatable bonds is 5. The molecule has 0 radical (unpaired) electrons. The van der Waals surface area contributed by atoms with E-state index < -0.39 is 5.60 Å². The molecule has 0 atom stereocenters. The molecule has 1 aliphatic carbocycles. The van der Waals surface area contributed by atoms with Gasteiger partial charge in [0.05, 0.1) is 0 Å². The van der Waals surface area contributed by atoms with Crippen LogP contribution in [-0.2, 0) is 11.3 Å². The number of anilines is 1. The van der Waals surface area contributed by atoms with E-state index in [0.717, 1.165) is 22.4 Å². The summed E-state index contributed by atoms with van der Waals surface area (Å²) in [6.45, 7) is 2.17. The van der Waals surface area contributed by atoms with E-state index >= 15 is 0 Å². The lowest BCUT2D eigenvalue weighted by Gasteiger charge is -2.35. The average molecular weight is 443 g/mol. The highest BCUT2D eigenvalue weighted by atomic mass is 35.5. The number of nitrogens with zero attached hydrogens (tertiary/aromatic N) is 2. The fraction of sp³-hybridized carbons (Fsp3) is 0.391. The van der Waals surface area contributed by atoms with Crippen molar-refractivity contribution in [3.63, 3.8) is 0 Å². The number of benzene rings is 2. The zero-order valence-electron chi connectivity index (χ0n) is 17.5. The number of aliphatic hydroxyl groups is 1. The van der Waals surface area contributed by atoms with E-state index in [-0.39, 0.29) is 11.8 Å². The van der Waals surface area contributed by atoms with Gasteiger partial charge in [0.25, 0.3) is 11.8 Å². The topological polar surface area (TPSA) is 98.9 Å². The van der Waals surface area contributed by atoms with Gasteiger partial charge in [0.15, 0.2) is 0 Å². The average Bonchev–Trinajstić information content (AvgIpc) is 3.56. The molecule has 7 nitrogen and oxygen atoms in total. The molecule has 1 aliphatic heterocycles. The Morgan fingerprint density at radius 2 is 1.77 bits per heavy atom. The predicted molar refractivity (Wildman–Crippen MR) is 121 cm³/mol. The summed E-state index contributed by atoms with van der Waals surface area (Å²) in [6.07, 6.45) is 1.06. The lowest BCUT2D eigenvalue weighted by molar-refractivity contribution is -0.143. The van der Waals surface area contributed by atoms with Crippen LogP contribution >= 0.6 is 11.6 Å². The molecule has 2 aromatic carbocycles. The Kier molecular flexibility index (Phi) is 5.92. The summed E-state index contributed by atoms with van der Waals surface area (Å²) in [7, 11) is 1.85. The Morgan fingerprint density at radius 1 is 1.10 bits per heavy atom. The number of hydrogen-bond acceptors (Lipinski definition) is 5. The number of amides is 2. The van der Waals surface area contributed by atoms with Crippen LogP contribution in [0.2, 0.25) is 5.02 Å². The summed E-state index contributed by atoms with van der Waals surface area (Å²) in [5.74, 6) is -0.325. The zero-order chi connectivity index (χ0) is 22.2. The molecule has 0 aromatic heterocycles. The Hall–Kier alpha value is -2.61. The van der Waals surface area contributed by atoms with Crippen LogP contribution in [0.15, 0.2) is 36.4 Å². The molecule has 0 bridgehead atoms. The molecule has 2 aromatic rings. The summed E-state index contributed by atoms with van der Waals surface area (Å²) in [5.41, 5.74) is 8.87. The smallest absolute Gasteiger partial charge is 0.254 e. The van der Waals surface area contributed by atoms with E-state index in [1.165, 1.54) is 0 Å². The van der Waals surface area contributed by atoms with Crippen molar-refractivity contribution in [3.8, 4) is 11.1 Å². The molecule has 8 heteroatoms. The highest BCUT2D eigenvalue weighted by Gasteiger charge is 2.50. The molecular weight excluding hydrogens is 416 g/mol. The van der Waals surface area contributed by atoms with Gasteiger partial charge in [-0.05, 0) is 42.2 Å². The molecular formula is C23H27ClN4O3. The molecule has 1 saturated heterocycles. The number of halogens is 1. The van der Waals surface area contributed by atoms with Crippen molar-refractivity contribution in [3.05, 3.63) is 52.5 Å². The van der Waals surface area contributed by atoms with Crippen LogP contribution in [-0.4, -0.2) is 65.5 Å². The maximum atomic E-state index is 13.0. The molecule has 4 rings (SSSR count). The van der Waals surface area contributed by atoms with Gasteiger partial charge in [-0.3, -0.25) is 9.59 Å². The molecule has 164 valence electrons. The number of hydrogen-bond donors (Lipinski definition) is 3. The van der Waals surface area contributed by atoms with Crippen LogP contribution in [0.1, 0.15) is 28.8 Å². The SMILES string of the molecule is CNc1cc(-c2ccc(C(=O)N3CCN(C(=O)C4(O)CC4)CC3)cc2Cl)ccc1CN. The largest absolute Gasteiger partial charge is 0.388 e. The molecule has 1 heterocycles. The lowest BCUT2D eigenvalue weighted by Crippen LogP contribution is -2.53. The molecule has 1 saturated carbocycles. The fourth-order valence-electron chi connectivity index (χ4n) is 3.96. The van der Waals surface area contributed by atoms with Crippen LogP contribution < -0.4 is 11.1 Å². The zero-order valence-corrected chi connectivity index (χ0v) is 18.3. The first-order valence-corrected chi connectivity index (χ1v) is 10.9. The molecule has 0 unspecified atom stereocenters. The van der Waals surface area contributed by atoms with Gasteiger partial charge in [0.2, 0.25) is 0 Å². The lowest BCUT2D eigenvalue weighted by atomic mass is 10.0. The summed E-state index contributed by atoms with van der Waals surface area (Å²) >= 11 is 6.54. The maximum absolute atomic E-state index is 13.0. The van der Waals surface area contributed by atoms with E-state index in [1.807, 2.05) is 31.3 Å². The molecule has 2 amide bonds. The van der Waals surface area contributed by atoms with Crippen molar-refractivity contribution >= 4 is 29.1 Å². The number of nitrogens with one attached hydrogen (secondary N) is 1. The van der Waals surface area contributed by atoms with Crippen molar-refractivity contribution < 1.29 is 14.7 Å². The minimum absolute atomic E-state index is 0.111. The predicted octanol–water partition coefficient (Wildman–Crippen LogP) is 2.32.